The molecule has 0 aromatic carbocycles. The average Bonchev–Trinajstić information content (AvgIpc) is 1.91. The predicted octanol–water partition coefficient (Wildman–Crippen LogP) is 0.162. The van der Waals surface area contributed by atoms with Gasteiger partial charge >= 0.3 is 0 Å². The molecule has 0 amide bonds. The molecule has 0 aliphatic carbocycles. The minimum atomic E-state index is -0.208. The van der Waals surface area contributed by atoms with Gasteiger partial charge < -0.3 is 15.0 Å². The molecule has 1 atom stereocenters. The summed E-state index contributed by atoms with van der Waals surface area (Å²) in [6.45, 7) is 2.87. The quantitative estimate of drug-likeness (QED) is 0.437. The number of nitrogens with zero attached hydrogens (tertiary/aromatic N) is 1. The van der Waals surface area contributed by atoms with Crippen LogP contribution in [0.1, 0.15) is 6.92 Å². The molecule has 1 heterocycles. The van der Waals surface area contributed by atoms with Crippen LogP contribution in [0, 0.1) is 5.21 Å². The standard InChI is InChI=1S/C4H8NO2/c1-4-5(6)2-3-7-4/h4H,2-3H2,1H3/q-1. The first-order chi connectivity index (χ1) is 3.30. The van der Waals surface area contributed by atoms with Crippen molar-refractivity contribution in [1.29, 1.82) is 0 Å². The summed E-state index contributed by atoms with van der Waals surface area (Å²) in [6, 6.07) is 0. The number of hydrogen-bond acceptors (Lipinski definition) is 3. The zero-order chi connectivity index (χ0) is 5.28. The van der Waals surface area contributed by atoms with E-state index in [1.165, 1.54) is 0 Å². The third-order valence-electron chi connectivity index (χ3n) is 1.08. The Bertz CT molecular complexity index is 58.7. The van der Waals surface area contributed by atoms with Crippen LogP contribution in [-0.4, -0.2) is 24.4 Å². The molecule has 1 aliphatic rings. The highest BCUT2D eigenvalue weighted by Crippen LogP contribution is 2.04. The normalized spacial score (nSPS) is 34.3. The van der Waals surface area contributed by atoms with Crippen molar-refractivity contribution in [1.82, 2.24) is 5.06 Å². The van der Waals surface area contributed by atoms with Crippen LogP contribution < -0.4 is 0 Å². The summed E-state index contributed by atoms with van der Waals surface area (Å²) in [5.74, 6) is 0. The molecule has 3 nitrogen and oxygen atoms in total. The van der Waals surface area contributed by atoms with E-state index in [9.17, 15) is 5.21 Å². The lowest BCUT2D eigenvalue weighted by molar-refractivity contribution is 0.0716. The van der Waals surface area contributed by atoms with Crippen molar-refractivity contribution in [2.24, 2.45) is 0 Å². The summed E-state index contributed by atoms with van der Waals surface area (Å²) >= 11 is 0. The second kappa shape index (κ2) is 1.78. The molecule has 0 spiro atoms. The van der Waals surface area contributed by atoms with E-state index in [0.29, 0.717) is 13.2 Å². The Morgan fingerprint density at radius 3 is 2.71 bits per heavy atom. The molecule has 1 aliphatic heterocycles. The van der Waals surface area contributed by atoms with Gasteiger partial charge in [-0.15, -0.1) is 0 Å². The van der Waals surface area contributed by atoms with Gasteiger partial charge in [-0.2, -0.15) is 0 Å². The fourth-order valence-corrected chi connectivity index (χ4v) is 0.578. The third kappa shape index (κ3) is 0.907. The van der Waals surface area contributed by atoms with Crippen LogP contribution >= 0.6 is 0 Å². The van der Waals surface area contributed by atoms with Gasteiger partial charge in [0.05, 0.1) is 12.8 Å². The molecule has 0 bridgehead atoms. The second-order valence-electron chi connectivity index (χ2n) is 1.61. The maximum absolute atomic E-state index is 10.4. The van der Waals surface area contributed by atoms with E-state index in [4.69, 9.17) is 4.74 Å². The van der Waals surface area contributed by atoms with Crippen molar-refractivity contribution < 1.29 is 4.74 Å². The highest BCUT2D eigenvalue weighted by molar-refractivity contribution is 4.64. The lowest BCUT2D eigenvalue weighted by atomic mass is 10.6. The predicted molar refractivity (Wildman–Crippen MR) is 25.5 cm³/mol. The first-order valence-corrected chi connectivity index (χ1v) is 2.36. The van der Waals surface area contributed by atoms with Crippen molar-refractivity contribution in [3.05, 3.63) is 5.21 Å². The lowest BCUT2D eigenvalue weighted by Crippen LogP contribution is -2.19. The van der Waals surface area contributed by atoms with Gasteiger partial charge in [-0.05, 0) is 6.92 Å². The molecule has 1 saturated heterocycles. The van der Waals surface area contributed by atoms with Gasteiger partial charge in [-0.25, -0.2) is 0 Å². The van der Waals surface area contributed by atoms with E-state index in [2.05, 4.69) is 0 Å². The molecule has 0 saturated carbocycles. The Hall–Kier alpha value is -0.120. The van der Waals surface area contributed by atoms with E-state index < -0.39 is 0 Å². The summed E-state index contributed by atoms with van der Waals surface area (Å²) in [5, 5.41) is 11.3. The zero-order valence-corrected chi connectivity index (χ0v) is 4.26. The molecule has 0 N–H and O–H groups in total. The molecule has 42 valence electrons. The van der Waals surface area contributed by atoms with Gasteiger partial charge in [0.15, 0.2) is 0 Å². The summed E-state index contributed by atoms with van der Waals surface area (Å²) in [4.78, 5) is 0. The Morgan fingerprint density at radius 1 is 1.86 bits per heavy atom. The molecule has 0 aromatic rings. The first kappa shape index (κ1) is 5.03. The van der Waals surface area contributed by atoms with Gasteiger partial charge in [0, 0.05) is 6.54 Å². The molecule has 7 heavy (non-hydrogen) atoms. The van der Waals surface area contributed by atoms with Crippen LogP contribution in [0.3, 0.4) is 0 Å². The summed E-state index contributed by atoms with van der Waals surface area (Å²) in [6.07, 6.45) is -0.208. The van der Waals surface area contributed by atoms with Crippen molar-refractivity contribution in [3.8, 4) is 0 Å². The minimum Gasteiger partial charge on any atom is -0.783 e. The summed E-state index contributed by atoms with van der Waals surface area (Å²) in [7, 11) is 0. The van der Waals surface area contributed by atoms with Crippen molar-refractivity contribution in [2.45, 2.75) is 13.2 Å². The fraction of sp³-hybridized carbons (Fsp3) is 1.00. The van der Waals surface area contributed by atoms with Crippen molar-refractivity contribution in [3.63, 3.8) is 0 Å². The molecular formula is C4H8NO2-. The highest BCUT2D eigenvalue weighted by Gasteiger charge is 2.09. The molecule has 1 rings (SSSR count). The monoisotopic (exact) mass is 102 g/mol. The lowest BCUT2D eigenvalue weighted by Gasteiger charge is -2.24. The third-order valence-corrected chi connectivity index (χ3v) is 1.08. The molecule has 0 aromatic heterocycles. The second-order valence-corrected chi connectivity index (χ2v) is 1.61. The number of hydroxylamine groups is 2. The van der Waals surface area contributed by atoms with E-state index in [1.807, 2.05) is 0 Å². The Balaban J connectivity index is 2.33. The maximum atomic E-state index is 10.4. The van der Waals surface area contributed by atoms with Crippen LogP contribution in [0.15, 0.2) is 0 Å². The number of rotatable bonds is 0. The number of ether oxygens (including phenoxy) is 1. The molecule has 1 unspecified atom stereocenters. The van der Waals surface area contributed by atoms with Gasteiger partial charge in [0.2, 0.25) is 0 Å². The van der Waals surface area contributed by atoms with Crippen LogP contribution in [0.2, 0.25) is 0 Å². The van der Waals surface area contributed by atoms with Crippen LogP contribution in [0.5, 0.6) is 0 Å². The Morgan fingerprint density at radius 2 is 2.57 bits per heavy atom. The fourth-order valence-electron chi connectivity index (χ4n) is 0.578. The van der Waals surface area contributed by atoms with Gasteiger partial charge in [0.1, 0.15) is 0 Å². The Kier molecular flexibility index (Phi) is 1.27. The van der Waals surface area contributed by atoms with E-state index in [0.717, 1.165) is 5.06 Å². The van der Waals surface area contributed by atoms with Gasteiger partial charge in [0.25, 0.3) is 0 Å². The minimum absolute atomic E-state index is 0.208. The average molecular weight is 102 g/mol. The van der Waals surface area contributed by atoms with Crippen molar-refractivity contribution >= 4 is 0 Å². The van der Waals surface area contributed by atoms with Crippen LogP contribution in [-0.2, 0) is 4.74 Å². The van der Waals surface area contributed by atoms with Gasteiger partial charge in [-0.1, -0.05) is 0 Å². The Labute approximate surface area is 42.4 Å². The summed E-state index contributed by atoms with van der Waals surface area (Å²) < 4.78 is 4.88. The maximum Gasteiger partial charge on any atom is 0.0961 e. The largest absolute Gasteiger partial charge is 0.783 e. The SMILES string of the molecule is CC1OCCN1[O-]. The molecule has 1 fully saturated rings. The zero-order valence-electron chi connectivity index (χ0n) is 4.26. The summed E-state index contributed by atoms with van der Waals surface area (Å²) in [5.41, 5.74) is 0. The van der Waals surface area contributed by atoms with E-state index >= 15 is 0 Å². The van der Waals surface area contributed by atoms with Crippen molar-refractivity contribution in [2.75, 3.05) is 13.2 Å². The molecular weight excluding hydrogens is 94.0 g/mol. The number of hydrogen-bond donors (Lipinski definition) is 0. The van der Waals surface area contributed by atoms with Crippen LogP contribution in [0.4, 0.5) is 0 Å². The van der Waals surface area contributed by atoms with Gasteiger partial charge in [-0.3, -0.25) is 0 Å². The van der Waals surface area contributed by atoms with Crippen LogP contribution in [0.25, 0.3) is 0 Å². The highest BCUT2D eigenvalue weighted by atomic mass is 16.6. The smallest absolute Gasteiger partial charge is 0.0961 e. The van der Waals surface area contributed by atoms with E-state index in [1.54, 1.807) is 6.92 Å². The first-order valence-electron chi connectivity index (χ1n) is 2.36. The van der Waals surface area contributed by atoms with E-state index in [-0.39, 0.29) is 6.23 Å². The topological polar surface area (TPSA) is 35.5 Å². The molecule has 0 radical (unpaired) electrons. The molecule has 3 heteroatoms.